The fourth-order valence-corrected chi connectivity index (χ4v) is 1.76. The molecule has 1 aromatic rings. The molecule has 5 nitrogen and oxygen atoms in total. The van der Waals surface area contributed by atoms with Gasteiger partial charge >= 0.3 is 12.0 Å². The van der Waals surface area contributed by atoms with Crippen molar-refractivity contribution in [3.05, 3.63) is 29.3 Å². The van der Waals surface area contributed by atoms with E-state index >= 15 is 0 Å². The third-order valence-corrected chi connectivity index (χ3v) is 2.76. The summed E-state index contributed by atoms with van der Waals surface area (Å²) >= 11 is 5.83. The fraction of sp³-hybridized carbons (Fsp3) is 0.385. The quantitative estimate of drug-likeness (QED) is 0.873. The van der Waals surface area contributed by atoms with Gasteiger partial charge in [-0.05, 0) is 32.0 Å². The highest BCUT2D eigenvalue weighted by molar-refractivity contribution is 6.30. The lowest BCUT2D eigenvalue weighted by molar-refractivity contribution is -0.137. The van der Waals surface area contributed by atoms with Crippen LogP contribution in [0.25, 0.3) is 0 Å². The van der Waals surface area contributed by atoms with Crippen LogP contribution < -0.4 is 5.32 Å². The largest absolute Gasteiger partial charge is 0.481 e. The van der Waals surface area contributed by atoms with E-state index < -0.39 is 5.97 Å². The van der Waals surface area contributed by atoms with Gasteiger partial charge in [0.05, 0.1) is 6.42 Å². The SMILES string of the molecule is CC(C)N(CCC(=O)O)C(=O)Nc1cccc(Cl)c1. The van der Waals surface area contributed by atoms with Gasteiger partial charge in [0.2, 0.25) is 0 Å². The summed E-state index contributed by atoms with van der Waals surface area (Å²) in [5.41, 5.74) is 0.582. The lowest BCUT2D eigenvalue weighted by Crippen LogP contribution is -2.41. The molecule has 2 N–H and O–H groups in total. The van der Waals surface area contributed by atoms with Crippen molar-refractivity contribution < 1.29 is 14.7 Å². The molecule has 0 atom stereocenters. The zero-order chi connectivity index (χ0) is 14.4. The van der Waals surface area contributed by atoms with Gasteiger partial charge in [0.15, 0.2) is 0 Å². The minimum atomic E-state index is -0.929. The first-order chi connectivity index (χ1) is 8.90. The van der Waals surface area contributed by atoms with Crippen LogP contribution in [0.15, 0.2) is 24.3 Å². The van der Waals surface area contributed by atoms with Crippen molar-refractivity contribution in [2.24, 2.45) is 0 Å². The topological polar surface area (TPSA) is 69.6 Å². The Labute approximate surface area is 117 Å². The van der Waals surface area contributed by atoms with Crippen LogP contribution in [0.2, 0.25) is 5.02 Å². The second-order valence-electron chi connectivity index (χ2n) is 4.37. The number of benzene rings is 1. The van der Waals surface area contributed by atoms with Gasteiger partial charge in [-0.2, -0.15) is 0 Å². The number of anilines is 1. The fourth-order valence-electron chi connectivity index (χ4n) is 1.57. The van der Waals surface area contributed by atoms with Crippen LogP contribution >= 0.6 is 11.6 Å². The van der Waals surface area contributed by atoms with Crippen molar-refractivity contribution in [1.82, 2.24) is 4.90 Å². The number of urea groups is 1. The number of carbonyl (C=O) groups excluding carboxylic acids is 1. The minimum Gasteiger partial charge on any atom is -0.481 e. The normalized spacial score (nSPS) is 10.3. The number of amides is 2. The maximum atomic E-state index is 12.1. The van der Waals surface area contributed by atoms with Gasteiger partial charge in [0.25, 0.3) is 0 Å². The summed E-state index contributed by atoms with van der Waals surface area (Å²) < 4.78 is 0. The summed E-state index contributed by atoms with van der Waals surface area (Å²) in [6.45, 7) is 3.83. The van der Waals surface area contributed by atoms with Gasteiger partial charge in [-0.1, -0.05) is 17.7 Å². The van der Waals surface area contributed by atoms with Crippen molar-refractivity contribution in [1.29, 1.82) is 0 Å². The average molecular weight is 285 g/mol. The molecule has 0 aliphatic carbocycles. The van der Waals surface area contributed by atoms with E-state index in [1.54, 1.807) is 24.3 Å². The molecule has 0 fully saturated rings. The maximum absolute atomic E-state index is 12.1. The number of hydrogen-bond donors (Lipinski definition) is 2. The first-order valence-electron chi connectivity index (χ1n) is 5.95. The number of nitrogens with zero attached hydrogens (tertiary/aromatic N) is 1. The number of carbonyl (C=O) groups is 2. The monoisotopic (exact) mass is 284 g/mol. The Bertz CT molecular complexity index is 463. The highest BCUT2D eigenvalue weighted by Gasteiger charge is 2.17. The standard InChI is InChI=1S/C13H17ClN2O3/c1-9(2)16(7-6-12(17)18)13(19)15-11-5-3-4-10(14)8-11/h3-5,8-9H,6-7H2,1-2H3,(H,15,19)(H,17,18). The molecular weight excluding hydrogens is 268 g/mol. The summed E-state index contributed by atoms with van der Waals surface area (Å²) in [7, 11) is 0. The predicted octanol–water partition coefficient (Wildman–Crippen LogP) is 3.06. The van der Waals surface area contributed by atoms with Gasteiger partial charge in [-0.15, -0.1) is 0 Å². The van der Waals surface area contributed by atoms with Crippen LogP contribution in [0.3, 0.4) is 0 Å². The Morgan fingerprint density at radius 3 is 2.63 bits per heavy atom. The Morgan fingerprint density at radius 1 is 1.42 bits per heavy atom. The molecule has 0 bridgehead atoms. The number of nitrogens with one attached hydrogen (secondary N) is 1. The molecule has 0 aliphatic heterocycles. The van der Waals surface area contributed by atoms with Gasteiger partial charge in [-0.25, -0.2) is 4.79 Å². The molecule has 0 aromatic heterocycles. The smallest absolute Gasteiger partial charge is 0.322 e. The number of halogens is 1. The Balaban J connectivity index is 2.69. The first-order valence-corrected chi connectivity index (χ1v) is 6.33. The maximum Gasteiger partial charge on any atom is 0.322 e. The van der Waals surface area contributed by atoms with Crippen molar-refractivity contribution in [3.8, 4) is 0 Å². The molecule has 104 valence electrons. The molecule has 1 rings (SSSR count). The van der Waals surface area contributed by atoms with E-state index in [0.717, 1.165) is 0 Å². The third-order valence-electron chi connectivity index (χ3n) is 2.53. The second kappa shape index (κ2) is 6.99. The van der Waals surface area contributed by atoms with Crippen LogP contribution in [-0.4, -0.2) is 34.6 Å². The van der Waals surface area contributed by atoms with Crippen molar-refractivity contribution in [2.75, 3.05) is 11.9 Å². The molecule has 0 saturated heterocycles. The summed E-state index contributed by atoms with van der Waals surface area (Å²) in [6.07, 6.45) is -0.0822. The number of aliphatic carboxylic acids is 1. The van der Waals surface area contributed by atoms with Crippen LogP contribution in [0.4, 0.5) is 10.5 Å². The third kappa shape index (κ3) is 5.18. The molecule has 0 unspecified atom stereocenters. The molecule has 1 aromatic carbocycles. The van der Waals surface area contributed by atoms with Crippen LogP contribution in [-0.2, 0) is 4.79 Å². The number of carboxylic acid groups (broad SMARTS) is 1. The molecular formula is C13H17ClN2O3. The zero-order valence-electron chi connectivity index (χ0n) is 10.9. The lowest BCUT2D eigenvalue weighted by atomic mass is 10.3. The Hall–Kier alpha value is -1.75. The number of hydrogen-bond acceptors (Lipinski definition) is 2. The molecule has 2 amide bonds. The van der Waals surface area contributed by atoms with E-state index in [9.17, 15) is 9.59 Å². The van der Waals surface area contributed by atoms with Crippen molar-refractivity contribution >= 4 is 29.3 Å². The first kappa shape index (κ1) is 15.3. The van der Waals surface area contributed by atoms with E-state index in [1.165, 1.54) is 4.90 Å². The summed E-state index contributed by atoms with van der Waals surface area (Å²) in [4.78, 5) is 24.1. The van der Waals surface area contributed by atoms with Crippen LogP contribution in [0.5, 0.6) is 0 Å². The molecule has 0 aliphatic rings. The van der Waals surface area contributed by atoms with Crippen molar-refractivity contribution in [2.45, 2.75) is 26.3 Å². The lowest BCUT2D eigenvalue weighted by Gasteiger charge is -2.26. The van der Waals surface area contributed by atoms with Crippen molar-refractivity contribution in [3.63, 3.8) is 0 Å². The number of rotatable bonds is 5. The van der Waals surface area contributed by atoms with Crippen LogP contribution in [0, 0.1) is 0 Å². The molecule has 0 saturated carbocycles. The van der Waals surface area contributed by atoms with Gasteiger partial charge in [0, 0.05) is 23.3 Å². The minimum absolute atomic E-state index is 0.0822. The second-order valence-corrected chi connectivity index (χ2v) is 4.81. The Kier molecular flexibility index (Phi) is 5.63. The highest BCUT2D eigenvalue weighted by Crippen LogP contribution is 2.16. The van der Waals surface area contributed by atoms with E-state index in [0.29, 0.717) is 10.7 Å². The molecule has 6 heteroatoms. The van der Waals surface area contributed by atoms with E-state index in [4.69, 9.17) is 16.7 Å². The van der Waals surface area contributed by atoms with Gasteiger partial charge in [-0.3, -0.25) is 4.79 Å². The van der Waals surface area contributed by atoms with E-state index in [1.807, 2.05) is 13.8 Å². The summed E-state index contributed by atoms with van der Waals surface area (Å²) in [5, 5.41) is 11.9. The molecule has 0 radical (unpaired) electrons. The van der Waals surface area contributed by atoms with Gasteiger partial charge in [0.1, 0.15) is 0 Å². The summed E-state index contributed by atoms with van der Waals surface area (Å²) in [5.74, 6) is -0.929. The Morgan fingerprint density at radius 2 is 2.11 bits per heavy atom. The average Bonchev–Trinajstić information content (AvgIpc) is 2.28. The molecule has 19 heavy (non-hydrogen) atoms. The van der Waals surface area contributed by atoms with E-state index in [2.05, 4.69) is 5.32 Å². The zero-order valence-corrected chi connectivity index (χ0v) is 11.6. The predicted molar refractivity (Wildman–Crippen MR) is 74.6 cm³/mol. The molecule has 0 heterocycles. The van der Waals surface area contributed by atoms with E-state index in [-0.39, 0.29) is 25.0 Å². The van der Waals surface area contributed by atoms with Gasteiger partial charge < -0.3 is 15.3 Å². The highest BCUT2D eigenvalue weighted by atomic mass is 35.5. The summed E-state index contributed by atoms with van der Waals surface area (Å²) in [6, 6.07) is 6.38. The molecule has 0 spiro atoms. The number of carboxylic acids is 1. The van der Waals surface area contributed by atoms with Crippen LogP contribution in [0.1, 0.15) is 20.3 Å².